The third kappa shape index (κ3) is 4.79. The Kier molecular flexibility index (Phi) is 6.19. The zero-order valence-electron chi connectivity index (χ0n) is 20.3. The zero-order valence-corrected chi connectivity index (χ0v) is 20.3. The number of aromatic nitrogens is 2. The zero-order chi connectivity index (χ0) is 26.0. The number of ether oxygens (including phenoxy) is 1. The van der Waals surface area contributed by atoms with Crippen molar-refractivity contribution < 1.29 is 19.1 Å². The SMILES string of the molecule is COc1ccc(-c2nn(Cc3ccccc3)cc2C(=O)Nc2cccc(C3(C)NC(=O)NC3=O)c2)cc1. The Balaban J connectivity index is 1.46. The number of benzene rings is 3. The number of carbonyl (C=O) groups is 3. The Morgan fingerprint density at radius 2 is 1.78 bits per heavy atom. The summed E-state index contributed by atoms with van der Waals surface area (Å²) in [4.78, 5) is 37.6. The van der Waals surface area contributed by atoms with E-state index in [-0.39, 0.29) is 5.91 Å². The molecule has 3 N–H and O–H groups in total. The summed E-state index contributed by atoms with van der Waals surface area (Å²) >= 11 is 0. The Labute approximate surface area is 213 Å². The van der Waals surface area contributed by atoms with Crippen molar-refractivity contribution in [2.45, 2.75) is 19.0 Å². The topological polar surface area (TPSA) is 114 Å². The maximum Gasteiger partial charge on any atom is 0.322 e. The lowest BCUT2D eigenvalue weighted by atomic mass is 9.92. The molecule has 1 aromatic heterocycles. The van der Waals surface area contributed by atoms with Crippen LogP contribution in [-0.2, 0) is 16.9 Å². The van der Waals surface area contributed by atoms with Gasteiger partial charge in [0.2, 0.25) is 0 Å². The fraction of sp³-hybridized carbons (Fsp3) is 0.143. The average Bonchev–Trinajstić information content (AvgIpc) is 3.44. The second-order valence-electron chi connectivity index (χ2n) is 8.87. The van der Waals surface area contributed by atoms with E-state index in [2.05, 4.69) is 16.0 Å². The molecular formula is C28H25N5O4. The van der Waals surface area contributed by atoms with Gasteiger partial charge in [0.05, 0.1) is 19.2 Å². The summed E-state index contributed by atoms with van der Waals surface area (Å²) in [6, 6.07) is 23.5. The lowest BCUT2D eigenvalue weighted by Gasteiger charge is -2.21. The van der Waals surface area contributed by atoms with E-state index in [0.717, 1.165) is 11.1 Å². The lowest BCUT2D eigenvalue weighted by Crippen LogP contribution is -2.40. The first kappa shape index (κ1) is 23.8. The second kappa shape index (κ2) is 9.62. The second-order valence-corrected chi connectivity index (χ2v) is 8.87. The molecule has 0 saturated carbocycles. The Morgan fingerprint density at radius 3 is 2.46 bits per heavy atom. The molecule has 1 fully saturated rings. The van der Waals surface area contributed by atoms with E-state index in [9.17, 15) is 14.4 Å². The lowest BCUT2D eigenvalue weighted by molar-refractivity contribution is -0.123. The fourth-order valence-corrected chi connectivity index (χ4v) is 4.25. The normalized spacial score (nSPS) is 16.7. The summed E-state index contributed by atoms with van der Waals surface area (Å²) < 4.78 is 7.00. The van der Waals surface area contributed by atoms with Crippen molar-refractivity contribution in [2.24, 2.45) is 0 Å². The van der Waals surface area contributed by atoms with Crippen molar-refractivity contribution in [3.8, 4) is 17.0 Å². The monoisotopic (exact) mass is 495 g/mol. The molecule has 4 aromatic rings. The summed E-state index contributed by atoms with van der Waals surface area (Å²) in [5.41, 5.74) is 2.54. The van der Waals surface area contributed by atoms with Gasteiger partial charge in [-0.15, -0.1) is 0 Å². The third-order valence-corrected chi connectivity index (χ3v) is 6.30. The maximum atomic E-state index is 13.5. The number of imide groups is 1. The van der Waals surface area contributed by atoms with Crippen molar-refractivity contribution in [1.29, 1.82) is 0 Å². The van der Waals surface area contributed by atoms with Crippen LogP contribution < -0.4 is 20.7 Å². The highest BCUT2D eigenvalue weighted by Gasteiger charge is 2.43. The van der Waals surface area contributed by atoms with Gasteiger partial charge < -0.3 is 15.4 Å². The molecule has 0 aliphatic carbocycles. The van der Waals surface area contributed by atoms with Crippen LogP contribution in [0.15, 0.2) is 85.1 Å². The number of amides is 4. The highest BCUT2D eigenvalue weighted by atomic mass is 16.5. The third-order valence-electron chi connectivity index (χ3n) is 6.30. The molecule has 4 amide bonds. The number of anilines is 1. The molecule has 0 bridgehead atoms. The fourth-order valence-electron chi connectivity index (χ4n) is 4.25. The van der Waals surface area contributed by atoms with Crippen molar-refractivity contribution in [3.63, 3.8) is 0 Å². The molecule has 1 unspecified atom stereocenters. The minimum Gasteiger partial charge on any atom is -0.497 e. The number of hydrogen-bond donors (Lipinski definition) is 3. The number of rotatable bonds is 7. The van der Waals surface area contributed by atoms with Crippen LogP contribution in [0.3, 0.4) is 0 Å². The first-order valence-electron chi connectivity index (χ1n) is 11.7. The van der Waals surface area contributed by atoms with E-state index in [1.54, 1.807) is 49.2 Å². The van der Waals surface area contributed by atoms with Gasteiger partial charge in [0.25, 0.3) is 11.8 Å². The van der Waals surface area contributed by atoms with Gasteiger partial charge in [-0.1, -0.05) is 42.5 Å². The van der Waals surface area contributed by atoms with Gasteiger partial charge in [0, 0.05) is 17.4 Å². The maximum absolute atomic E-state index is 13.5. The number of nitrogens with zero attached hydrogens (tertiary/aromatic N) is 2. The predicted octanol–water partition coefficient (Wildman–Crippen LogP) is 3.91. The molecule has 1 aliphatic heterocycles. The first-order valence-corrected chi connectivity index (χ1v) is 11.7. The van der Waals surface area contributed by atoms with Crippen LogP contribution in [0.4, 0.5) is 10.5 Å². The number of carbonyl (C=O) groups excluding carboxylic acids is 3. The van der Waals surface area contributed by atoms with E-state index in [1.165, 1.54) is 0 Å². The van der Waals surface area contributed by atoms with E-state index < -0.39 is 17.5 Å². The van der Waals surface area contributed by atoms with E-state index in [0.29, 0.717) is 34.8 Å². The molecule has 1 aliphatic rings. The molecule has 2 heterocycles. The summed E-state index contributed by atoms with van der Waals surface area (Å²) in [7, 11) is 1.59. The van der Waals surface area contributed by atoms with Crippen LogP contribution in [0.1, 0.15) is 28.4 Å². The summed E-state index contributed by atoms with van der Waals surface area (Å²) in [5, 5.41) is 12.5. The predicted molar refractivity (Wildman–Crippen MR) is 138 cm³/mol. The molecule has 37 heavy (non-hydrogen) atoms. The standard InChI is InChI=1S/C28H25N5O4/c1-28(26(35)30-27(36)31-28)20-9-6-10-21(15-20)29-25(34)23-17-33(16-18-7-4-3-5-8-18)32-24(23)19-11-13-22(37-2)14-12-19/h3-15,17H,16H2,1-2H3,(H,29,34)(H2,30,31,35,36). The molecular weight excluding hydrogens is 470 g/mol. The van der Waals surface area contributed by atoms with Gasteiger partial charge in [-0.3, -0.25) is 19.6 Å². The van der Waals surface area contributed by atoms with Crippen LogP contribution in [0.5, 0.6) is 5.75 Å². The first-order chi connectivity index (χ1) is 17.9. The van der Waals surface area contributed by atoms with Crippen molar-refractivity contribution >= 4 is 23.5 Å². The highest BCUT2D eigenvalue weighted by Crippen LogP contribution is 2.28. The number of nitrogens with one attached hydrogen (secondary N) is 3. The van der Waals surface area contributed by atoms with Crippen molar-refractivity contribution in [3.05, 3.63) is 102 Å². The molecule has 9 nitrogen and oxygen atoms in total. The van der Waals surface area contributed by atoms with Crippen LogP contribution in [0.25, 0.3) is 11.3 Å². The smallest absolute Gasteiger partial charge is 0.322 e. The highest BCUT2D eigenvalue weighted by molar-refractivity contribution is 6.09. The summed E-state index contributed by atoms with van der Waals surface area (Å²) in [5.74, 6) is -0.107. The quantitative estimate of drug-likeness (QED) is 0.336. The summed E-state index contributed by atoms with van der Waals surface area (Å²) in [6.45, 7) is 2.11. The molecule has 1 saturated heterocycles. The molecule has 1 atom stereocenters. The van der Waals surface area contributed by atoms with Crippen LogP contribution in [-0.4, -0.2) is 34.7 Å². The van der Waals surface area contributed by atoms with Crippen LogP contribution >= 0.6 is 0 Å². The Bertz CT molecular complexity index is 1480. The minimum absolute atomic E-state index is 0.354. The summed E-state index contributed by atoms with van der Waals surface area (Å²) in [6.07, 6.45) is 1.72. The Hall–Kier alpha value is -4.92. The molecule has 5 rings (SSSR count). The molecule has 0 radical (unpaired) electrons. The van der Waals surface area contributed by atoms with E-state index in [1.807, 2.05) is 54.6 Å². The number of urea groups is 1. The molecule has 0 spiro atoms. The largest absolute Gasteiger partial charge is 0.497 e. The van der Waals surface area contributed by atoms with Gasteiger partial charge >= 0.3 is 6.03 Å². The van der Waals surface area contributed by atoms with E-state index in [4.69, 9.17) is 9.84 Å². The van der Waals surface area contributed by atoms with Gasteiger partial charge in [0.1, 0.15) is 17.0 Å². The van der Waals surface area contributed by atoms with Crippen LogP contribution in [0.2, 0.25) is 0 Å². The van der Waals surface area contributed by atoms with Crippen molar-refractivity contribution in [2.75, 3.05) is 12.4 Å². The average molecular weight is 496 g/mol. The van der Waals surface area contributed by atoms with Gasteiger partial charge in [-0.2, -0.15) is 5.10 Å². The number of hydrogen-bond acceptors (Lipinski definition) is 5. The van der Waals surface area contributed by atoms with Crippen LogP contribution in [0, 0.1) is 0 Å². The van der Waals surface area contributed by atoms with E-state index >= 15 is 0 Å². The molecule has 186 valence electrons. The minimum atomic E-state index is -1.23. The van der Waals surface area contributed by atoms with Gasteiger partial charge in [-0.25, -0.2) is 4.79 Å². The van der Waals surface area contributed by atoms with Gasteiger partial charge in [-0.05, 0) is 54.4 Å². The van der Waals surface area contributed by atoms with Gasteiger partial charge in [0.15, 0.2) is 0 Å². The Morgan fingerprint density at radius 1 is 1.03 bits per heavy atom. The van der Waals surface area contributed by atoms with Crippen molar-refractivity contribution in [1.82, 2.24) is 20.4 Å². The number of methoxy groups -OCH3 is 1. The molecule has 9 heteroatoms. The molecule has 3 aromatic carbocycles.